The zero-order chi connectivity index (χ0) is 10.7. The molecule has 1 N–H and O–H groups in total. The molecule has 7 heteroatoms. The van der Waals surface area contributed by atoms with Crippen LogP contribution in [-0.2, 0) is 0 Å². The van der Waals surface area contributed by atoms with Crippen molar-refractivity contribution in [3.05, 3.63) is 23.8 Å². The number of nitrogens with zero attached hydrogens (tertiary/aromatic N) is 1. The lowest BCUT2D eigenvalue weighted by Gasteiger charge is -2.05. The van der Waals surface area contributed by atoms with Crippen LogP contribution in [0.15, 0.2) is 12.3 Å². The van der Waals surface area contributed by atoms with Gasteiger partial charge in [-0.25, -0.2) is 14.2 Å². The molecule has 0 unspecified atom stereocenters. The molecular formula is C7H4F3NO3. The van der Waals surface area contributed by atoms with E-state index in [1.165, 1.54) is 0 Å². The van der Waals surface area contributed by atoms with E-state index in [0.717, 1.165) is 12.3 Å². The van der Waals surface area contributed by atoms with Crippen LogP contribution in [-0.4, -0.2) is 22.7 Å². The summed E-state index contributed by atoms with van der Waals surface area (Å²) in [6, 6.07) is 0.813. The van der Waals surface area contributed by atoms with Gasteiger partial charge in [0.2, 0.25) is 0 Å². The van der Waals surface area contributed by atoms with Gasteiger partial charge in [-0.2, -0.15) is 8.78 Å². The van der Waals surface area contributed by atoms with E-state index in [0.29, 0.717) is 0 Å². The second kappa shape index (κ2) is 3.95. The summed E-state index contributed by atoms with van der Waals surface area (Å²) in [5, 5.41) is 8.38. The quantitative estimate of drug-likeness (QED) is 0.816. The number of alkyl halides is 2. The molecule has 0 aliphatic carbocycles. The van der Waals surface area contributed by atoms with Crippen molar-refractivity contribution in [3.63, 3.8) is 0 Å². The van der Waals surface area contributed by atoms with Crippen LogP contribution in [0.1, 0.15) is 10.5 Å². The van der Waals surface area contributed by atoms with E-state index in [1.54, 1.807) is 0 Å². The van der Waals surface area contributed by atoms with Gasteiger partial charge in [-0.1, -0.05) is 0 Å². The van der Waals surface area contributed by atoms with Crippen molar-refractivity contribution in [2.75, 3.05) is 0 Å². The molecule has 0 spiro atoms. The Bertz CT molecular complexity index is 356. The summed E-state index contributed by atoms with van der Waals surface area (Å²) in [5.74, 6) is -3.91. The molecular weight excluding hydrogens is 203 g/mol. The van der Waals surface area contributed by atoms with Crippen molar-refractivity contribution >= 4 is 5.97 Å². The highest BCUT2D eigenvalue weighted by molar-refractivity contribution is 5.86. The molecule has 76 valence electrons. The third-order valence-corrected chi connectivity index (χ3v) is 1.27. The van der Waals surface area contributed by atoms with Gasteiger partial charge in [-0.3, -0.25) is 0 Å². The van der Waals surface area contributed by atoms with Gasteiger partial charge < -0.3 is 9.84 Å². The van der Waals surface area contributed by atoms with Crippen LogP contribution in [0.5, 0.6) is 5.75 Å². The summed E-state index contributed by atoms with van der Waals surface area (Å²) in [5.41, 5.74) is -0.955. The van der Waals surface area contributed by atoms with Crippen molar-refractivity contribution < 1.29 is 27.8 Å². The number of hydrogen-bond acceptors (Lipinski definition) is 3. The molecule has 0 saturated heterocycles. The highest BCUT2D eigenvalue weighted by atomic mass is 19.3. The smallest absolute Gasteiger partial charge is 0.387 e. The second-order valence-corrected chi connectivity index (χ2v) is 2.16. The monoisotopic (exact) mass is 207 g/mol. The van der Waals surface area contributed by atoms with Gasteiger partial charge in [-0.15, -0.1) is 0 Å². The van der Waals surface area contributed by atoms with Gasteiger partial charge in [0.1, 0.15) is 0 Å². The number of aromatic carboxylic acids is 1. The normalized spacial score (nSPS) is 10.3. The Hall–Kier alpha value is -1.79. The van der Waals surface area contributed by atoms with Gasteiger partial charge in [0.25, 0.3) is 0 Å². The summed E-state index contributed by atoms with van der Waals surface area (Å²) < 4.78 is 40.1. The zero-order valence-corrected chi connectivity index (χ0v) is 6.58. The molecule has 0 atom stereocenters. The highest BCUT2D eigenvalue weighted by Crippen LogP contribution is 2.20. The average Bonchev–Trinajstić information content (AvgIpc) is 2.07. The van der Waals surface area contributed by atoms with Gasteiger partial charge in [0.05, 0.1) is 0 Å². The van der Waals surface area contributed by atoms with Crippen LogP contribution in [0.25, 0.3) is 0 Å². The summed E-state index contributed by atoms with van der Waals surface area (Å²) in [6.07, 6.45) is 0.865. The lowest BCUT2D eigenvalue weighted by molar-refractivity contribution is -0.0524. The van der Waals surface area contributed by atoms with Gasteiger partial charge in [-0.05, 0) is 0 Å². The highest BCUT2D eigenvalue weighted by Gasteiger charge is 2.18. The predicted octanol–water partition coefficient (Wildman–Crippen LogP) is 1.52. The maximum absolute atomic E-state index is 13.0. The zero-order valence-electron chi connectivity index (χ0n) is 6.58. The van der Waals surface area contributed by atoms with Crippen LogP contribution < -0.4 is 4.74 Å². The van der Waals surface area contributed by atoms with Crippen molar-refractivity contribution in [3.8, 4) is 5.75 Å². The minimum atomic E-state index is -3.21. The van der Waals surface area contributed by atoms with Crippen molar-refractivity contribution in [2.45, 2.75) is 6.61 Å². The minimum Gasteiger partial charge on any atom is -0.476 e. The van der Waals surface area contributed by atoms with E-state index in [-0.39, 0.29) is 0 Å². The van der Waals surface area contributed by atoms with E-state index < -0.39 is 29.8 Å². The Morgan fingerprint density at radius 2 is 2.21 bits per heavy atom. The fraction of sp³-hybridized carbons (Fsp3) is 0.143. The van der Waals surface area contributed by atoms with E-state index >= 15 is 0 Å². The molecule has 0 saturated carbocycles. The van der Waals surface area contributed by atoms with Crippen LogP contribution in [0, 0.1) is 5.82 Å². The molecule has 4 nitrogen and oxygen atoms in total. The molecule has 0 radical (unpaired) electrons. The first kappa shape index (κ1) is 10.3. The number of hydrogen-bond donors (Lipinski definition) is 1. The third-order valence-electron chi connectivity index (χ3n) is 1.27. The number of rotatable bonds is 3. The minimum absolute atomic E-state index is 0.813. The Kier molecular flexibility index (Phi) is 2.90. The number of halogens is 3. The fourth-order valence-corrected chi connectivity index (χ4v) is 0.762. The molecule has 0 aliphatic heterocycles. The predicted molar refractivity (Wildman–Crippen MR) is 37.8 cm³/mol. The summed E-state index contributed by atoms with van der Waals surface area (Å²) in [4.78, 5) is 13.5. The summed E-state index contributed by atoms with van der Waals surface area (Å²) in [7, 11) is 0. The summed E-state index contributed by atoms with van der Waals surface area (Å²) in [6.45, 7) is -3.21. The van der Waals surface area contributed by atoms with E-state index in [1.807, 2.05) is 0 Å². The van der Waals surface area contributed by atoms with Crippen molar-refractivity contribution in [1.82, 2.24) is 4.98 Å². The topological polar surface area (TPSA) is 59.4 Å². The molecule has 0 fully saturated rings. The number of carboxylic acids is 1. The number of aromatic nitrogens is 1. The molecule has 0 aliphatic rings. The Morgan fingerprint density at radius 1 is 1.57 bits per heavy atom. The first-order chi connectivity index (χ1) is 6.52. The maximum Gasteiger partial charge on any atom is 0.387 e. The molecule has 1 rings (SSSR count). The first-order valence-corrected chi connectivity index (χ1v) is 3.35. The largest absolute Gasteiger partial charge is 0.476 e. The average molecular weight is 207 g/mol. The molecule has 0 aromatic carbocycles. The standard InChI is InChI=1S/C7H4F3NO3/c8-4-3(14-7(9)10)1-2-11-5(4)6(12)13/h1-2,7H,(H,12,13). The van der Waals surface area contributed by atoms with Crippen LogP contribution in [0.2, 0.25) is 0 Å². The van der Waals surface area contributed by atoms with Crippen LogP contribution >= 0.6 is 0 Å². The number of carbonyl (C=O) groups is 1. The summed E-state index contributed by atoms with van der Waals surface area (Å²) >= 11 is 0. The number of carboxylic acid groups (broad SMARTS) is 1. The van der Waals surface area contributed by atoms with Gasteiger partial charge >= 0.3 is 12.6 Å². The van der Waals surface area contributed by atoms with Gasteiger partial charge in [0, 0.05) is 12.3 Å². The third kappa shape index (κ3) is 2.12. The SMILES string of the molecule is O=C(O)c1nccc(OC(F)F)c1F. The lowest BCUT2D eigenvalue weighted by atomic mass is 10.3. The molecule has 14 heavy (non-hydrogen) atoms. The molecule has 1 aromatic rings. The Morgan fingerprint density at radius 3 is 2.71 bits per heavy atom. The van der Waals surface area contributed by atoms with Crippen LogP contribution in [0.3, 0.4) is 0 Å². The Balaban J connectivity index is 3.07. The molecule has 1 heterocycles. The Labute approximate surface area is 75.9 Å². The molecule has 0 bridgehead atoms. The first-order valence-electron chi connectivity index (χ1n) is 3.35. The number of ether oxygens (including phenoxy) is 1. The van der Waals surface area contributed by atoms with E-state index in [4.69, 9.17) is 5.11 Å². The lowest BCUT2D eigenvalue weighted by Crippen LogP contribution is -2.09. The van der Waals surface area contributed by atoms with Crippen molar-refractivity contribution in [1.29, 1.82) is 0 Å². The van der Waals surface area contributed by atoms with Gasteiger partial charge in [0.15, 0.2) is 17.3 Å². The second-order valence-electron chi connectivity index (χ2n) is 2.16. The number of pyridine rings is 1. The molecule has 1 aromatic heterocycles. The van der Waals surface area contributed by atoms with Crippen LogP contribution in [0.4, 0.5) is 13.2 Å². The molecule has 0 amide bonds. The maximum atomic E-state index is 13.0. The van der Waals surface area contributed by atoms with E-state index in [2.05, 4.69) is 9.72 Å². The van der Waals surface area contributed by atoms with E-state index in [9.17, 15) is 18.0 Å². The van der Waals surface area contributed by atoms with Crippen molar-refractivity contribution in [2.24, 2.45) is 0 Å². The fourth-order valence-electron chi connectivity index (χ4n) is 0.762.